The summed E-state index contributed by atoms with van der Waals surface area (Å²) in [6.45, 7) is 2.00. The van der Waals surface area contributed by atoms with Crippen LogP contribution in [0.25, 0.3) is 11.3 Å². The number of carbonyl (C=O) groups excluding carboxylic acids is 1. The number of amides is 2. The molecule has 0 aliphatic heterocycles. The van der Waals surface area contributed by atoms with E-state index in [2.05, 4.69) is 20.6 Å². The highest BCUT2D eigenvalue weighted by molar-refractivity contribution is 7.14. The van der Waals surface area contributed by atoms with Crippen LogP contribution in [0.5, 0.6) is 0 Å². The molecule has 3 rings (SSSR count). The Morgan fingerprint density at radius 1 is 1.33 bits per heavy atom. The van der Waals surface area contributed by atoms with Crippen LogP contribution in [-0.2, 0) is 6.54 Å². The molecule has 122 valence electrons. The van der Waals surface area contributed by atoms with E-state index in [1.165, 1.54) is 17.4 Å². The first kappa shape index (κ1) is 16.1. The van der Waals surface area contributed by atoms with Crippen LogP contribution in [-0.4, -0.2) is 16.0 Å². The fraction of sp³-hybridized carbons (Fsp3) is 0.118. The lowest BCUT2D eigenvalue weighted by molar-refractivity contribution is 0.251. The molecule has 0 aliphatic rings. The molecule has 0 radical (unpaired) electrons. The van der Waals surface area contributed by atoms with E-state index >= 15 is 0 Å². The molecule has 0 spiro atoms. The molecule has 3 aromatic rings. The number of hydrogen-bond acceptors (Lipinski definition) is 4. The first-order valence-electron chi connectivity index (χ1n) is 7.27. The molecule has 2 heterocycles. The number of thiazole rings is 1. The van der Waals surface area contributed by atoms with Crippen molar-refractivity contribution in [3.8, 4) is 11.3 Å². The Morgan fingerprint density at radius 2 is 2.21 bits per heavy atom. The number of nitrogens with zero attached hydrogens (tertiary/aromatic N) is 2. The molecular weight excluding hydrogens is 327 g/mol. The number of anilines is 1. The minimum Gasteiger partial charge on any atom is -0.334 e. The van der Waals surface area contributed by atoms with Crippen molar-refractivity contribution in [1.29, 1.82) is 0 Å². The van der Waals surface area contributed by atoms with Crippen molar-refractivity contribution in [1.82, 2.24) is 15.3 Å². The summed E-state index contributed by atoms with van der Waals surface area (Å²) in [6, 6.07) is 8.13. The smallest absolute Gasteiger partial charge is 0.321 e. The van der Waals surface area contributed by atoms with Crippen LogP contribution >= 0.6 is 11.3 Å². The molecule has 0 atom stereocenters. The molecule has 0 bridgehead atoms. The topological polar surface area (TPSA) is 66.9 Å². The summed E-state index contributed by atoms with van der Waals surface area (Å²) in [6.07, 6.45) is 3.41. The lowest BCUT2D eigenvalue weighted by Crippen LogP contribution is -2.28. The molecule has 2 aromatic heterocycles. The second kappa shape index (κ2) is 7.18. The van der Waals surface area contributed by atoms with E-state index < -0.39 is 0 Å². The first-order chi connectivity index (χ1) is 11.6. The van der Waals surface area contributed by atoms with E-state index in [0.717, 1.165) is 16.8 Å². The second-order valence-electron chi connectivity index (χ2n) is 5.17. The number of halogens is 1. The van der Waals surface area contributed by atoms with Crippen LogP contribution in [0.3, 0.4) is 0 Å². The second-order valence-corrected chi connectivity index (χ2v) is 6.03. The van der Waals surface area contributed by atoms with Gasteiger partial charge in [-0.2, -0.15) is 0 Å². The van der Waals surface area contributed by atoms with Crippen molar-refractivity contribution >= 4 is 22.5 Å². The molecule has 0 unspecified atom stereocenters. The van der Waals surface area contributed by atoms with Gasteiger partial charge in [0.1, 0.15) is 5.82 Å². The number of hydrogen-bond donors (Lipinski definition) is 2. The van der Waals surface area contributed by atoms with Crippen molar-refractivity contribution in [3.05, 3.63) is 65.0 Å². The number of aryl methyl sites for hydroxylation is 1. The summed E-state index contributed by atoms with van der Waals surface area (Å²) in [5.41, 5.74) is 3.04. The number of nitrogens with one attached hydrogen (secondary N) is 2. The van der Waals surface area contributed by atoms with E-state index in [0.29, 0.717) is 17.2 Å². The molecule has 0 aliphatic carbocycles. The molecule has 24 heavy (non-hydrogen) atoms. The fourth-order valence-corrected chi connectivity index (χ4v) is 2.83. The van der Waals surface area contributed by atoms with Crippen LogP contribution in [0.1, 0.15) is 11.1 Å². The maximum absolute atomic E-state index is 13.2. The maximum Gasteiger partial charge on any atom is 0.321 e. The highest BCUT2D eigenvalue weighted by atomic mass is 32.1. The Bertz CT molecular complexity index is 851. The van der Waals surface area contributed by atoms with E-state index in [4.69, 9.17) is 0 Å². The Hall–Kier alpha value is -2.80. The number of pyridine rings is 1. The minimum absolute atomic E-state index is 0.256. The summed E-state index contributed by atoms with van der Waals surface area (Å²) in [5.74, 6) is -0.256. The molecule has 5 nitrogen and oxygen atoms in total. The van der Waals surface area contributed by atoms with Crippen LogP contribution in [0.2, 0.25) is 0 Å². The SMILES string of the molecule is Cc1cc(CNC(=O)Nc2nc(-c3cccnc3)cs2)ccc1F. The number of aromatic nitrogens is 2. The standard InChI is InChI=1S/C17H15FN4OS/c1-11-7-12(4-5-14(11)18)8-20-16(23)22-17-21-15(10-24-17)13-3-2-6-19-9-13/h2-7,9-10H,8H2,1H3,(H2,20,21,22,23). The first-order valence-corrected chi connectivity index (χ1v) is 8.15. The van der Waals surface area contributed by atoms with Crippen molar-refractivity contribution in [3.63, 3.8) is 0 Å². The average Bonchev–Trinajstić information content (AvgIpc) is 3.05. The zero-order chi connectivity index (χ0) is 16.9. The van der Waals surface area contributed by atoms with Crippen molar-refractivity contribution in [2.24, 2.45) is 0 Å². The highest BCUT2D eigenvalue weighted by Crippen LogP contribution is 2.23. The summed E-state index contributed by atoms with van der Waals surface area (Å²) in [5, 5.41) is 7.77. The molecule has 2 amide bonds. The predicted molar refractivity (Wildman–Crippen MR) is 92.3 cm³/mol. The van der Waals surface area contributed by atoms with E-state index in [1.807, 2.05) is 17.5 Å². The Balaban J connectivity index is 1.57. The van der Waals surface area contributed by atoms with Gasteiger partial charge in [-0.15, -0.1) is 11.3 Å². The van der Waals surface area contributed by atoms with E-state index in [1.54, 1.807) is 31.5 Å². The molecule has 0 fully saturated rings. The molecule has 2 N–H and O–H groups in total. The largest absolute Gasteiger partial charge is 0.334 e. The number of benzene rings is 1. The highest BCUT2D eigenvalue weighted by Gasteiger charge is 2.08. The zero-order valence-corrected chi connectivity index (χ0v) is 13.7. The summed E-state index contributed by atoms with van der Waals surface area (Å²) < 4.78 is 13.2. The van der Waals surface area contributed by atoms with Crippen LogP contribution in [0.4, 0.5) is 14.3 Å². The van der Waals surface area contributed by atoms with Gasteiger partial charge in [-0.1, -0.05) is 12.1 Å². The van der Waals surface area contributed by atoms with Crippen LogP contribution in [0, 0.1) is 12.7 Å². The number of urea groups is 1. The van der Waals surface area contributed by atoms with Gasteiger partial charge in [0.2, 0.25) is 0 Å². The third-order valence-corrected chi connectivity index (χ3v) is 4.12. The Kier molecular flexibility index (Phi) is 4.81. The third kappa shape index (κ3) is 3.94. The third-order valence-electron chi connectivity index (χ3n) is 3.36. The van der Waals surface area contributed by atoms with Gasteiger partial charge < -0.3 is 5.32 Å². The minimum atomic E-state index is -0.357. The molecular formula is C17H15FN4OS. The monoisotopic (exact) mass is 342 g/mol. The van der Waals surface area contributed by atoms with E-state index in [9.17, 15) is 9.18 Å². The van der Waals surface area contributed by atoms with Crippen molar-refractivity contribution in [2.45, 2.75) is 13.5 Å². The van der Waals surface area contributed by atoms with Gasteiger partial charge in [-0.05, 0) is 36.2 Å². The van der Waals surface area contributed by atoms with Crippen LogP contribution < -0.4 is 10.6 Å². The molecule has 1 aromatic carbocycles. The van der Waals surface area contributed by atoms with Gasteiger partial charge >= 0.3 is 6.03 Å². The normalized spacial score (nSPS) is 10.4. The lowest BCUT2D eigenvalue weighted by atomic mass is 10.1. The lowest BCUT2D eigenvalue weighted by Gasteiger charge is -2.06. The van der Waals surface area contributed by atoms with Crippen LogP contribution in [0.15, 0.2) is 48.1 Å². The van der Waals surface area contributed by atoms with Gasteiger partial charge in [0.25, 0.3) is 0 Å². The average molecular weight is 342 g/mol. The number of carbonyl (C=O) groups is 1. The zero-order valence-electron chi connectivity index (χ0n) is 12.9. The molecule has 0 saturated heterocycles. The van der Waals surface area contributed by atoms with Gasteiger partial charge in [-0.25, -0.2) is 14.2 Å². The molecule has 0 saturated carbocycles. The van der Waals surface area contributed by atoms with Gasteiger partial charge in [0.05, 0.1) is 5.69 Å². The predicted octanol–water partition coefficient (Wildman–Crippen LogP) is 3.97. The van der Waals surface area contributed by atoms with Gasteiger partial charge in [0, 0.05) is 29.9 Å². The summed E-state index contributed by atoms with van der Waals surface area (Å²) >= 11 is 1.34. The maximum atomic E-state index is 13.2. The number of rotatable bonds is 4. The van der Waals surface area contributed by atoms with E-state index in [-0.39, 0.29) is 11.8 Å². The Labute approximate surface area is 142 Å². The fourth-order valence-electron chi connectivity index (χ4n) is 2.12. The van der Waals surface area contributed by atoms with Gasteiger partial charge in [0.15, 0.2) is 5.13 Å². The quantitative estimate of drug-likeness (QED) is 0.754. The molecule has 7 heteroatoms. The summed E-state index contributed by atoms with van der Waals surface area (Å²) in [4.78, 5) is 20.3. The van der Waals surface area contributed by atoms with Gasteiger partial charge in [-0.3, -0.25) is 10.3 Å². The Morgan fingerprint density at radius 3 is 2.96 bits per heavy atom. The van der Waals surface area contributed by atoms with Crippen molar-refractivity contribution in [2.75, 3.05) is 5.32 Å². The van der Waals surface area contributed by atoms with Crippen molar-refractivity contribution < 1.29 is 9.18 Å². The summed E-state index contributed by atoms with van der Waals surface area (Å²) in [7, 11) is 0.